The zero-order valence-electron chi connectivity index (χ0n) is 9.52. The lowest BCUT2D eigenvalue weighted by molar-refractivity contribution is -0.263. The molecule has 19 heavy (non-hydrogen) atoms. The fraction of sp³-hybridized carbons (Fsp3) is 0.455. The summed E-state index contributed by atoms with van der Waals surface area (Å²) >= 11 is 3.05. The summed E-state index contributed by atoms with van der Waals surface area (Å²) in [6.07, 6.45) is -13.0. The number of alkyl halides is 6. The summed E-state index contributed by atoms with van der Waals surface area (Å²) in [5.74, 6) is -2.93. The van der Waals surface area contributed by atoms with Crippen molar-refractivity contribution in [3.63, 3.8) is 0 Å². The van der Waals surface area contributed by atoms with Gasteiger partial charge in [-0.05, 0) is 31.2 Å². The van der Waals surface area contributed by atoms with Gasteiger partial charge in [-0.3, -0.25) is 0 Å². The minimum absolute atomic E-state index is 0.276. The fourth-order valence-electron chi connectivity index (χ4n) is 1.28. The maximum atomic E-state index is 12.6. The molecule has 8 heteroatoms. The monoisotopic (exact) mass is 350 g/mol. The van der Waals surface area contributed by atoms with E-state index in [1.54, 1.807) is 0 Å². The van der Waals surface area contributed by atoms with Crippen molar-refractivity contribution < 1.29 is 31.1 Å². The molecule has 0 bridgehead atoms. The lowest BCUT2D eigenvalue weighted by atomic mass is 10.0. The molecule has 108 valence electrons. The maximum absolute atomic E-state index is 12.6. The molecule has 0 spiro atoms. The first-order valence-electron chi connectivity index (χ1n) is 5.07. The number of ether oxygens (including phenoxy) is 1. The van der Waals surface area contributed by atoms with Crippen molar-refractivity contribution in [3.8, 4) is 5.75 Å². The van der Waals surface area contributed by atoms with Crippen molar-refractivity contribution in [1.29, 1.82) is 0 Å². The highest BCUT2D eigenvalue weighted by atomic mass is 79.9. The second kappa shape index (κ2) is 5.60. The van der Waals surface area contributed by atoms with Crippen molar-refractivity contribution in [1.82, 2.24) is 0 Å². The van der Waals surface area contributed by atoms with Gasteiger partial charge in [0.05, 0.1) is 5.92 Å². The predicted molar refractivity (Wildman–Crippen MR) is 59.8 cm³/mol. The summed E-state index contributed by atoms with van der Waals surface area (Å²) in [5, 5.41) is 0. The molecule has 0 saturated carbocycles. The van der Waals surface area contributed by atoms with Gasteiger partial charge in [0.2, 0.25) is 6.10 Å². The Kier molecular flexibility index (Phi) is 4.76. The van der Waals surface area contributed by atoms with Crippen molar-refractivity contribution in [3.05, 3.63) is 28.7 Å². The third-order valence-corrected chi connectivity index (χ3v) is 2.90. The Balaban J connectivity index is 2.96. The van der Waals surface area contributed by atoms with Gasteiger partial charge in [-0.15, -0.1) is 0 Å². The van der Waals surface area contributed by atoms with E-state index in [2.05, 4.69) is 20.7 Å². The molecule has 0 aliphatic heterocycles. The summed E-state index contributed by atoms with van der Waals surface area (Å²) in [5.41, 5.74) is 0. The average molecular weight is 351 g/mol. The van der Waals surface area contributed by atoms with Crippen molar-refractivity contribution in [2.45, 2.75) is 25.4 Å². The van der Waals surface area contributed by atoms with Gasteiger partial charge in [-0.2, -0.15) is 26.3 Å². The highest BCUT2D eigenvalue weighted by Gasteiger charge is 2.54. The zero-order valence-corrected chi connectivity index (χ0v) is 11.1. The largest absolute Gasteiger partial charge is 0.480 e. The average Bonchev–Trinajstić information content (AvgIpc) is 2.24. The number of rotatable bonds is 3. The quantitative estimate of drug-likeness (QED) is 0.700. The third-order valence-electron chi connectivity index (χ3n) is 2.37. The van der Waals surface area contributed by atoms with Gasteiger partial charge in [0.25, 0.3) is 0 Å². The van der Waals surface area contributed by atoms with Crippen molar-refractivity contribution >= 4 is 15.9 Å². The van der Waals surface area contributed by atoms with E-state index in [-0.39, 0.29) is 5.75 Å². The summed E-state index contributed by atoms with van der Waals surface area (Å²) in [7, 11) is 0. The first kappa shape index (κ1) is 16.1. The topological polar surface area (TPSA) is 9.23 Å². The third kappa shape index (κ3) is 4.59. The molecule has 1 aromatic rings. The van der Waals surface area contributed by atoms with E-state index in [9.17, 15) is 26.3 Å². The Hall–Kier alpha value is -0.920. The Bertz CT molecular complexity index is 411. The first-order chi connectivity index (χ1) is 8.51. The van der Waals surface area contributed by atoms with Crippen LogP contribution in [0.25, 0.3) is 0 Å². The van der Waals surface area contributed by atoms with Gasteiger partial charge in [0, 0.05) is 4.47 Å². The van der Waals surface area contributed by atoms with Gasteiger partial charge in [-0.1, -0.05) is 15.9 Å². The van der Waals surface area contributed by atoms with Crippen LogP contribution in [-0.2, 0) is 0 Å². The van der Waals surface area contributed by atoms with E-state index in [1.165, 1.54) is 12.1 Å². The van der Waals surface area contributed by atoms with Gasteiger partial charge in [0.15, 0.2) is 0 Å². The van der Waals surface area contributed by atoms with E-state index in [0.717, 1.165) is 12.1 Å². The van der Waals surface area contributed by atoms with Crippen LogP contribution in [0.2, 0.25) is 0 Å². The molecule has 2 unspecified atom stereocenters. The molecular formula is C11H9BrF6O. The lowest BCUT2D eigenvalue weighted by Crippen LogP contribution is -2.45. The van der Waals surface area contributed by atoms with E-state index < -0.39 is 24.4 Å². The summed E-state index contributed by atoms with van der Waals surface area (Å²) in [4.78, 5) is 0. The molecular weight excluding hydrogens is 342 g/mol. The zero-order chi connectivity index (χ0) is 14.8. The Morgan fingerprint density at radius 2 is 1.42 bits per heavy atom. The standard InChI is InChI=1S/C11H9BrF6O/c1-6(10(13,14)15)9(11(16,17)18)19-8-4-2-7(12)3-5-8/h2-6,9H,1H3. The van der Waals surface area contributed by atoms with Crippen molar-refractivity contribution in [2.24, 2.45) is 5.92 Å². The molecule has 0 aliphatic rings. The molecule has 0 saturated heterocycles. The Morgan fingerprint density at radius 3 is 1.79 bits per heavy atom. The highest BCUT2D eigenvalue weighted by Crippen LogP contribution is 2.38. The second-order valence-electron chi connectivity index (χ2n) is 3.86. The molecule has 0 heterocycles. The summed E-state index contributed by atoms with van der Waals surface area (Å²) in [6.45, 7) is 0.441. The summed E-state index contributed by atoms with van der Waals surface area (Å²) in [6, 6.07) is 5.07. The van der Waals surface area contributed by atoms with Crippen LogP contribution in [0.15, 0.2) is 28.7 Å². The van der Waals surface area contributed by atoms with Gasteiger partial charge < -0.3 is 4.74 Å². The molecule has 1 aromatic carbocycles. The van der Waals surface area contributed by atoms with Crippen LogP contribution >= 0.6 is 15.9 Å². The van der Waals surface area contributed by atoms with E-state index in [4.69, 9.17) is 0 Å². The van der Waals surface area contributed by atoms with Crippen LogP contribution < -0.4 is 4.74 Å². The molecule has 0 N–H and O–H groups in total. The molecule has 2 atom stereocenters. The van der Waals surface area contributed by atoms with Gasteiger partial charge >= 0.3 is 12.4 Å². The van der Waals surface area contributed by atoms with Crippen LogP contribution in [0.1, 0.15) is 6.92 Å². The maximum Gasteiger partial charge on any atom is 0.426 e. The Morgan fingerprint density at radius 1 is 0.947 bits per heavy atom. The summed E-state index contributed by atoms with van der Waals surface area (Å²) < 4.78 is 80.2. The normalized spacial score (nSPS) is 16.0. The van der Waals surface area contributed by atoms with E-state index >= 15 is 0 Å². The molecule has 1 rings (SSSR count). The molecule has 1 nitrogen and oxygen atoms in total. The minimum Gasteiger partial charge on any atom is -0.480 e. The highest BCUT2D eigenvalue weighted by molar-refractivity contribution is 9.10. The van der Waals surface area contributed by atoms with Gasteiger partial charge in [-0.25, -0.2) is 0 Å². The van der Waals surface area contributed by atoms with E-state index in [1.807, 2.05) is 0 Å². The number of benzene rings is 1. The van der Waals surface area contributed by atoms with Crippen LogP contribution in [-0.4, -0.2) is 18.5 Å². The molecule has 0 fully saturated rings. The van der Waals surface area contributed by atoms with Crippen LogP contribution in [0.4, 0.5) is 26.3 Å². The molecule has 0 aromatic heterocycles. The molecule has 0 radical (unpaired) electrons. The number of hydrogen-bond donors (Lipinski definition) is 0. The SMILES string of the molecule is CC(C(Oc1ccc(Br)cc1)C(F)(F)F)C(F)(F)F. The van der Waals surface area contributed by atoms with E-state index in [0.29, 0.717) is 11.4 Å². The minimum atomic E-state index is -5.11. The Labute approximate surface area is 113 Å². The molecule has 0 amide bonds. The lowest BCUT2D eigenvalue weighted by Gasteiger charge is -2.28. The van der Waals surface area contributed by atoms with Gasteiger partial charge in [0.1, 0.15) is 5.75 Å². The predicted octanol–water partition coefficient (Wildman–Crippen LogP) is 4.96. The van der Waals surface area contributed by atoms with Crippen LogP contribution in [0, 0.1) is 5.92 Å². The van der Waals surface area contributed by atoms with Crippen molar-refractivity contribution in [2.75, 3.05) is 0 Å². The number of hydrogen-bond acceptors (Lipinski definition) is 1. The second-order valence-corrected chi connectivity index (χ2v) is 4.78. The molecule has 0 aliphatic carbocycles. The number of halogens is 7. The first-order valence-corrected chi connectivity index (χ1v) is 5.87. The fourth-order valence-corrected chi connectivity index (χ4v) is 1.55. The smallest absolute Gasteiger partial charge is 0.426 e. The van der Waals surface area contributed by atoms with Crippen LogP contribution in [0.5, 0.6) is 5.75 Å². The van der Waals surface area contributed by atoms with Crippen LogP contribution in [0.3, 0.4) is 0 Å².